The molecule has 0 spiro atoms. The van der Waals surface area contributed by atoms with Crippen LogP contribution in [0.4, 0.5) is 0 Å². The lowest BCUT2D eigenvalue weighted by Gasteiger charge is -2.15. The predicted octanol–water partition coefficient (Wildman–Crippen LogP) is 14.0. The summed E-state index contributed by atoms with van der Waals surface area (Å²) in [7, 11) is 0. The van der Waals surface area contributed by atoms with Crippen molar-refractivity contribution in [2.24, 2.45) is 11.8 Å². The van der Waals surface area contributed by atoms with Crippen molar-refractivity contribution in [3.63, 3.8) is 0 Å². The van der Waals surface area contributed by atoms with Gasteiger partial charge in [-0.1, -0.05) is 220 Å². The molecule has 0 aromatic heterocycles. The largest absolute Gasteiger partial charge is 0.462 e. The van der Waals surface area contributed by atoms with E-state index < -0.39 is 6.10 Å². The Morgan fingerprint density at radius 3 is 0.940 bits per heavy atom. The van der Waals surface area contributed by atoms with Crippen molar-refractivity contribution >= 4 is 11.9 Å². The highest BCUT2D eigenvalue weighted by Crippen LogP contribution is 2.17. The third-order valence-corrected chi connectivity index (χ3v) is 10.3. The monoisotopic (exact) mass is 709 g/mol. The first-order valence-electron chi connectivity index (χ1n) is 22.3. The Balaban J connectivity index is 3.46. The molecule has 5 heteroatoms. The van der Waals surface area contributed by atoms with Crippen LogP contribution in [0.15, 0.2) is 0 Å². The van der Waals surface area contributed by atoms with Crippen molar-refractivity contribution in [2.45, 2.75) is 252 Å². The summed E-state index contributed by atoms with van der Waals surface area (Å²) in [5.74, 6) is 1.13. The number of hydrogen-bond donors (Lipinski definition) is 1. The van der Waals surface area contributed by atoms with Gasteiger partial charge in [0.05, 0.1) is 6.61 Å². The van der Waals surface area contributed by atoms with Gasteiger partial charge in [-0.2, -0.15) is 0 Å². The molecule has 1 N–H and O–H groups in total. The second kappa shape index (κ2) is 39.1. The van der Waals surface area contributed by atoms with E-state index in [9.17, 15) is 14.7 Å². The van der Waals surface area contributed by atoms with E-state index in [1.54, 1.807) is 0 Å². The number of carbonyl (C=O) groups excluding carboxylic acids is 2. The van der Waals surface area contributed by atoms with Crippen LogP contribution in [0.2, 0.25) is 0 Å². The molecule has 0 saturated carbocycles. The van der Waals surface area contributed by atoms with Crippen LogP contribution in [0.5, 0.6) is 0 Å². The molecule has 0 aromatic carbocycles. The van der Waals surface area contributed by atoms with Crippen LogP contribution in [-0.4, -0.2) is 36.4 Å². The fourth-order valence-corrected chi connectivity index (χ4v) is 6.87. The maximum absolute atomic E-state index is 12.2. The molecule has 0 heterocycles. The van der Waals surface area contributed by atoms with Gasteiger partial charge in [-0.3, -0.25) is 9.59 Å². The molecule has 0 aromatic rings. The van der Waals surface area contributed by atoms with Crippen LogP contribution in [0.1, 0.15) is 246 Å². The number of aliphatic hydroxyl groups is 1. The van der Waals surface area contributed by atoms with Gasteiger partial charge in [0.25, 0.3) is 0 Å². The number of ether oxygens (including phenoxy) is 2. The average Bonchev–Trinajstić information content (AvgIpc) is 3.09. The van der Waals surface area contributed by atoms with Crippen molar-refractivity contribution in [1.82, 2.24) is 0 Å². The van der Waals surface area contributed by atoms with Crippen molar-refractivity contribution in [2.75, 3.05) is 13.2 Å². The van der Waals surface area contributed by atoms with Crippen molar-refractivity contribution < 1.29 is 24.2 Å². The molecule has 5 nitrogen and oxygen atoms in total. The molecular weight excluding hydrogens is 620 g/mol. The van der Waals surface area contributed by atoms with Crippen LogP contribution < -0.4 is 0 Å². The van der Waals surface area contributed by atoms with Gasteiger partial charge in [0, 0.05) is 12.8 Å². The molecule has 50 heavy (non-hydrogen) atoms. The van der Waals surface area contributed by atoms with E-state index in [-0.39, 0.29) is 25.2 Å². The highest BCUT2D eigenvalue weighted by atomic mass is 16.6. The first-order valence-corrected chi connectivity index (χ1v) is 22.3. The molecule has 0 bridgehead atoms. The summed E-state index contributed by atoms with van der Waals surface area (Å²) in [5, 5.41) is 9.58. The van der Waals surface area contributed by atoms with Gasteiger partial charge in [-0.25, -0.2) is 0 Å². The minimum Gasteiger partial charge on any atom is -0.462 e. The van der Waals surface area contributed by atoms with Gasteiger partial charge >= 0.3 is 11.9 Å². The predicted molar refractivity (Wildman–Crippen MR) is 215 cm³/mol. The number of carbonyl (C=O) groups is 2. The lowest BCUT2D eigenvalue weighted by Crippen LogP contribution is -2.28. The summed E-state index contributed by atoms with van der Waals surface area (Å²) >= 11 is 0. The number of esters is 2. The topological polar surface area (TPSA) is 72.8 Å². The minimum absolute atomic E-state index is 0.0580. The fourth-order valence-electron chi connectivity index (χ4n) is 6.87. The van der Waals surface area contributed by atoms with Crippen molar-refractivity contribution in [3.05, 3.63) is 0 Å². The van der Waals surface area contributed by atoms with Crippen molar-refractivity contribution in [3.8, 4) is 0 Å². The number of rotatable bonds is 40. The van der Waals surface area contributed by atoms with E-state index >= 15 is 0 Å². The number of hydrogen-bond acceptors (Lipinski definition) is 5. The summed E-state index contributed by atoms with van der Waals surface area (Å²) in [6.07, 6.45) is 41.8. The molecule has 298 valence electrons. The van der Waals surface area contributed by atoms with Gasteiger partial charge < -0.3 is 14.6 Å². The van der Waals surface area contributed by atoms with Crippen LogP contribution in [-0.2, 0) is 19.1 Å². The molecule has 0 rings (SSSR count). The van der Waals surface area contributed by atoms with Gasteiger partial charge in [0.2, 0.25) is 0 Å². The summed E-state index contributed by atoms with van der Waals surface area (Å²) in [6, 6.07) is 0. The Hall–Kier alpha value is -1.10. The summed E-state index contributed by atoms with van der Waals surface area (Å²) < 4.78 is 10.6. The van der Waals surface area contributed by atoms with E-state index in [0.717, 1.165) is 43.9 Å². The summed E-state index contributed by atoms with van der Waals surface area (Å²) in [6.45, 7) is 8.89. The quantitative estimate of drug-likeness (QED) is 0.0507. The lowest BCUT2D eigenvalue weighted by molar-refractivity contribution is -0.161. The zero-order chi connectivity index (χ0) is 36.8. The Morgan fingerprint density at radius 1 is 0.400 bits per heavy atom. The normalized spacial score (nSPS) is 12.2. The molecule has 0 fully saturated rings. The van der Waals surface area contributed by atoms with Gasteiger partial charge in [-0.05, 0) is 24.7 Å². The molecule has 1 atom stereocenters. The molecule has 0 aliphatic rings. The van der Waals surface area contributed by atoms with E-state index in [2.05, 4.69) is 27.7 Å². The summed E-state index contributed by atoms with van der Waals surface area (Å²) in [5.41, 5.74) is 0. The maximum atomic E-state index is 12.2. The third-order valence-electron chi connectivity index (χ3n) is 10.3. The standard InChI is InChI=1S/C45H88O5/c1-41(2)35-31-27-23-19-15-11-9-7-5-6-8-10-12-18-22-26-30-34-38-45(48)50-43(39-46)40-49-44(47)37-33-29-25-21-17-14-13-16-20-24-28-32-36-42(3)4/h41-43,46H,5-40H2,1-4H3/t43-/m0/s1. The Kier molecular flexibility index (Phi) is 38.3. The van der Waals surface area contributed by atoms with Crippen LogP contribution in [0.3, 0.4) is 0 Å². The van der Waals surface area contributed by atoms with E-state index in [4.69, 9.17) is 9.47 Å². The highest BCUT2D eigenvalue weighted by Gasteiger charge is 2.16. The second-order valence-electron chi connectivity index (χ2n) is 16.4. The smallest absolute Gasteiger partial charge is 0.306 e. The first kappa shape index (κ1) is 48.9. The fraction of sp³-hybridized carbons (Fsp3) is 0.956. The second-order valence-corrected chi connectivity index (χ2v) is 16.4. The van der Waals surface area contributed by atoms with Crippen molar-refractivity contribution in [1.29, 1.82) is 0 Å². The zero-order valence-corrected chi connectivity index (χ0v) is 34.3. The Labute approximate surface area is 312 Å². The molecule has 0 aliphatic heterocycles. The summed E-state index contributed by atoms with van der Waals surface area (Å²) in [4.78, 5) is 24.3. The first-order chi connectivity index (χ1) is 24.3. The molecule has 0 aliphatic carbocycles. The number of unbranched alkanes of at least 4 members (excludes halogenated alkanes) is 28. The maximum Gasteiger partial charge on any atom is 0.306 e. The molecule has 0 amide bonds. The van der Waals surface area contributed by atoms with Gasteiger partial charge in [0.1, 0.15) is 6.61 Å². The average molecular weight is 709 g/mol. The Bertz CT molecular complexity index is 706. The minimum atomic E-state index is -0.763. The molecular formula is C45H88O5. The van der Waals surface area contributed by atoms with E-state index in [1.807, 2.05) is 0 Å². The van der Waals surface area contributed by atoms with Crippen LogP contribution >= 0.6 is 0 Å². The number of aliphatic hydroxyl groups excluding tert-OH is 1. The van der Waals surface area contributed by atoms with E-state index in [1.165, 1.54) is 173 Å². The van der Waals surface area contributed by atoms with Crippen LogP contribution in [0.25, 0.3) is 0 Å². The SMILES string of the molecule is CC(C)CCCCCCCCCCCCCCCCCCCCC(=O)O[C@@H](CO)COC(=O)CCCCCCCCCCCCCCC(C)C. The van der Waals surface area contributed by atoms with E-state index in [0.29, 0.717) is 12.8 Å². The van der Waals surface area contributed by atoms with Gasteiger partial charge in [0.15, 0.2) is 6.10 Å². The highest BCUT2D eigenvalue weighted by molar-refractivity contribution is 5.70. The molecule has 0 radical (unpaired) electrons. The van der Waals surface area contributed by atoms with Crippen LogP contribution in [0, 0.1) is 11.8 Å². The molecule has 0 unspecified atom stereocenters. The Morgan fingerprint density at radius 2 is 0.660 bits per heavy atom. The molecule has 0 saturated heterocycles. The lowest BCUT2D eigenvalue weighted by atomic mass is 10.0. The zero-order valence-electron chi connectivity index (χ0n) is 34.3. The van der Waals surface area contributed by atoms with Gasteiger partial charge in [-0.15, -0.1) is 0 Å². The third kappa shape index (κ3) is 39.7.